The molecule has 0 aromatic heterocycles. The van der Waals surface area contributed by atoms with Gasteiger partial charge in [-0.25, -0.2) is 8.42 Å². The average molecular weight is 317 g/mol. The van der Waals surface area contributed by atoms with Crippen molar-refractivity contribution in [3.63, 3.8) is 0 Å². The maximum absolute atomic E-state index is 12.2. The van der Waals surface area contributed by atoms with Crippen molar-refractivity contribution in [1.29, 1.82) is 0 Å². The normalized spacial score (nSPS) is 12.0. The van der Waals surface area contributed by atoms with Crippen molar-refractivity contribution in [1.82, 2.24) is 0 Å². The zero-order chi connectivity index (χ0) is 16.4. The lowest BCUT2D eigenvalue weighted by Gasteiger charge is -2.20. The van der Waals surface area contributed by atoms with Gasteiger partial charge in [0.15, 0.2) is 14.6 Å². The number of ether oxygens (including phenoxy) is 1. The van der Waals surface area contributed by atoms with Crippen LogP contribution in [0.2, 0.25) is 0 Å². The number of nitro benzene ring substituents is 1. The highest BCUT2D eigenvalue weighted by Gasteiger charge is 2.42. The summed E-state index contributed by atoms with van der Waals surface area (Å²) in [5.41, 5.74) is -0.254. The molecule has 0 spiro atoms. The molecule has 1 N–H and O–H groups in total. The van der Waals surface area contributed by atoms with Crippen molar-refractivity contribution in [3.05, 3.63) is 33.9 Å². The van der Waals surface area contributed by atoms with Gasteiger partial charge in [-0.2, -0.15) is 0 Å². The second kappa shape index (κ2) is 5.68. The van der Waals surface area contributed by atoms with Gasteiger partial charge in [-0.05, 0) is 19.9 Å². The van der Waals surface area contributed by atoms with Gasteiger partial charge in [0.2, 0.25) is 0 Å². The van der Waals surface area contributed by atoms with Crippen LogP contribution in [0.15, 0.2) is 18.2 Å². The zero-order valence-corrected chi connectivity index (χ0v) is 12.5. The van der Waals surface area contributed by atoms with Gasteiger partial charge in [0.05, 0.1) is 17.8 Å². The number of nitrogens with zero attached hydrogens (tertiary/aromatic N) is 1. The third kappa shape index (κ3) is 3.30. The van der Waals surface area contributed by atoms with Crippen molar-refractivity contribution < 1.29 is 28.0 Å². The number of methoxy groups -OCH3 is 1. The van der Waals surface area contributed by atoms with Crippen molar-refractivity contribution in [2.75, 3.05) is 7.11 Å². The molecule has 0 radical (unpaired) electrons. The van der Waals surface area contributed by atoms with Crippen LogP contribution in [0.25, 0.3) is 0 Å². The minimum atomic E-state index is -4.09. The Morgan fingerprint density at radius 3 is 2.43 bits per heavy atom. The van der Waals surface area contributed by atoms with Crippen LogP contribution in [0.1, 0.15) is 19.4 Å². The largest absolute Gasteiger partial charge is 0.496 e. The first-order chi connectivity index (χ1) is 9.52. The van der Waals surface area contributed by atoms with E-state index in [-0.39, 0.29) is 17.0 Å². The molecule has 0 saturated heterocycles. The SMILES string of the molecule is COc1ccc([N+](=O)[O-])cc1CS(=O)(=O)C(C)(C)C(=O)O. The second-order valence-electron chi connectivity index (χ2n) is 4.83. The first kappa shape index (κ1) is 16.9. The number of carboxylic acids is 1. The minimum absolute atomic E-state index is 0.0426. The quantitative estimate of drug-likeness (QED) is 0.620. The Balaban J connectivity index is 3.32. The van der Waals surface area contributed by atoms with E-state index in [1.807, 2.05) is 0 Å². The summed E-state index contributed by atoms with van der Waals surface area (Å²) in [6, 6.07) is 3.52. The van der Waals surface area contributed by atoms with E-state index < -0.39 is 31.2 Å². The molecule has 0 atom stereocenters. The molecule has 0 saturated carbocycles. The molecule has 21 heavy (non-hydrogen) atoms. The number of sulfone groups is 1. The summed E-state index contributed by atoms with van der Waals surface area (Å²) in [5, 5.41) is 19.8. The number of nitro groups is 1. The minimum Gasteiger partial charge on any atom is -0.496 e. The van der Waals surface area contributed by atoms with Crippen LogP contribution in [0.3, 0.4) is 0 Å². The molecule has 0 aliphatic carbocycles. The van der Waals surface area contributed by atoms with E-state index in [0.29, 0.717) is 0 Å². The summed E-state index contributed by atoms with van der Waals surface area (Å²) in [7, 11) is -2.80. The summed E-state index contributed by atoms with van der Waals surface area (Å²) in [6.45, 7) is 2.13. The third-order valence-corrected chi connectivity index (χ3v) is 5.53. The number of aliphatic carboxylic acids is 1. The fraction of sp³-hybridized carbons (Fsp3) is 0.417. The molecule has 0 bridgehead atoms. The fourth-order valence-electron chi connectivity index (χ4n) is 1.51. The van der Waals surface area contributed by atoms with Gasteiger partial charge in [-0.3, -0.25) is 14.9 Å². The molecular formula is C12H15NO7S. The fourth-order valence-corrected chi connectivity index (χ4v) is 2.77. The monoisotopic (exact) mass is 317 g/mol. The zero-order valence-electron chi connectivity index (χ0n) is 11.7. The second-order valence-corrected chi connectivity index (χ2v) is 7.37. The standard InChI is InChI=1S/C12H15NO7S/c1-12(2,11(14)15)21(18,19)7-8-6-9(13(16)17)4-5-10(8)20-3/h4-6H,7H2,1-3H3,(H,14,15). The molecule has 0 heterocycles. The highest BCUT2D eigenvalue weighted by atomic mass is 32.2. The van der Waals surface area contributed by atoms with Crippen LogP contribution in [-0.2, 0) is 20.4 Å². The number of carboxylic acid groups (broad SMARTS) is 1. The molecule has 8 nitrogen and oxygen atoms in total. The Bertz CT molecular complexity index is 679. The van der Waals surface area contributed by atoms with Crippen molar-refractivity contribution in [2.45, 2.75) is 24.3 Å². The summed E-state index contributed by atoms with van der Waals surface area (Å²) in [4.78, 5) is 21.1. The Morgan fingerprint density at radius 1 is 1.43 bits per heavy atom. The van der Waals surface area contributed by atoms with E-state index in [4.69, 9.17) is 9.84 Å². The molecule has 0 fully saturated rings. The molecule has 1 aromatic rings. The number of non-ortho nitro benzene ring substituents is 1. The van der Waals surface area contributed by atoms with Crippen LogP contribution < -0.4 is 4.74 Å². The first-order valence-electron chi connectivity index (χ1n) is 5.80. The Kier molecular flexibility index (Phi) is 4.57. The van der Waals surface area contributed by atoms with Crippen LogP contribution in [0.4, 0.5) is 5.69 Å². The van der Waals surface area contributed by atoms with Gasteiger partial charge >= 0.3 is 5.97 Å². The number of rotatable bonds is 6. The smallest absolute Gasteiger partial charge is 0.324 e. The predicted octanol–water partition coefficient (Wildman–Crippen LogP) is 1.38. The van der Waals surface area contributed by atoms with Gasteiger partial charge in [-0.15, -0.1) is 0 Å². The Hall–Kier alpha value is -2.16. The highest BCUT2D eigenvalue weighted by molar-refractivity contribution is 7.92. The number of carbonyl (C=O) groups is 1. The number of hydrogen-bond donors (Lipinski definition) is 1. The lowest BCUT2D eigenvalue weighted by atomic mass is 10.2. The Morgan fingerprint density at radius 2 is 2.00 bits per heavy atom. The molecule has 1 aromatic carbocycles. The van der Waals surface area contributed by atoms with E-state index in [1.54, 1.807) is 0 Å². The van der Waals surface area contributed by atoms with E-state index in [2.05, 4.69) is 0 Å². The summed E-state index contributed by atoms with van der Waals surface area (Å²) >= 11 is 0. The number of benzene rings is 1. The van der Waals surface area contributed by atoms with Gasteiger partial charge in [0.1, 0.15) is 5.75 Å². The van der Waals surface area contributed by atoms with Gasteiger partial charge in [-0.1, -0.05) is 0 Å². The molecule has 0 unspecified atom stereocenters. The maximum atomic E-state index is 12.2. The van der Waals surface area contributed by atoms with Gasteiger partial charge in [0, 0.05) is 17.7 Å². The van der Waals surface area contributed by atoms with Crippen molar-refractivity contribution >= 4 is 21.5 Å². The maximum Gasteiger partial charge on any atom is 0.324 e. The molecule has 0 aliphatic heterocycles. The molecule has 0 amide bonds. The first-order valence-corrected chi connectivity index (χ1v) is 7.45. The van der Waals surface area contributed by atoms with Gasteiger partial charge in [0.25, 0.3) is 5.69 Å². The highest BCUT2D eigenvalue weighted by Crippen LogP contribution is 2.29. The van der Waals surface area contributed by atoms with Crippen LogP contribution in [0.5, 0.6) is 5.75 Å². The third-order valence-electron chi connectivity index (χ3n) is 3.11. The predicted molar refractivity (Wildman–Crippen MR) is 74.0 cm³/mol. The topological polar surface area (TPSA) is 124 Å². The van der Waals surface area contributed by atoms with E-state index in [1.165, 1.54) is 19.2 Å². The van der Waals surface area contributed by atoms with Crippen molar-refractivity contribution in [2.24, 2.45) is 0 Å². The van der Waals surface area contributed by atoms with Crippen LogP contribution >= 0.6 is 0 Å². The lowest BCUT2D eigenvalue weighted by Crippen LogP contribution is -2.41. The summed E-state index contributed by atoms with van der Waals surface area (Å²) in [5.74, 6) is -2.02. The van der Waals surface area contributed by atoms with Crippen LogP contribution in [-0.4, -0.2) is 36.3 Å². The number of hydrogen-bond acceptors (Lipinski definition) is 6. The average Bonchev–Trinajstić information content (AvgIpc) is 2.37. The molecule has 116 valence electrons. The van der Waals surface area contributed by atoms with Crippen molar-refractivity contribution in [3.8, 4) is 5.75 Å². The van der Waals surface area contributed by atoms with E-state index in [9.17, 15) is 23.3 Å². The summed E-state index contributed by atoms with van der Waals surface area (Å²) in [6.07, 6.45) is 0. The molecule has 1 rings (SSSR count). The molecule has 9 heteroatoms. The van der Waals surface area contributed by atoms with E-state index >= 15 is 0 Å². The van der Waals surface area contributed by atoms with Gasteiger partial charge < -0.3 is 9.84 Å². The molecule has 0 aliphatic rings. The summed E-state index contributed by atoms with van der Waals surface area (Å²) < 4.78 is 27.4. The lowest BCUT2D eigenvalue weighted by molar-refractivity contribution is -0.384. The van der Waals surface area contributed by atoms with Crippen LogP contribution in [0, 0.1) is 10.1 Å². The Labute approximate surface area is 121 Å². The van der Waals surface area contributed by atoms with E-state index in [0.717, 1.165) is 19.9 Å². The molecular weight excluding hydrogens is 302 g/mol.